The maximum absolute atomic E-state index is 12.9. The molecule has 5 rings (SSSR count). The number of nitrogens with one attached hydrogen (secondary N) is 3. The zero-order chi connectivity index (χ0) is 24.5. The van der Waals surface area contributed by atoms with E-state index in [2.05, 4.69) is 45.7 Å². The lowest BCUT2D eigenvalue weighted by atomic mass is 9.82. The summed E-state index contributed by atoms with van der Waals surface area (Å²) in [5.74, 6) is 2.56. The molecule has 5 heterocycles. The van der Waals surface area contributed by atoms with Gasteiger partial charge < -0.3 is 20.3 Å². The third-order valence-electron chi connectivity index (χ3n) is 6.84. The fourth-order valence-electron chi connectivity index (χ4n) is 5.32. The number of hydrogen-bond donors (Lipinski definition) is 3. The number of fused-ring (bicyclic) bond motifs is 3. The molecule has 9 heteroatoms. The molecule has 3 aromatic heterocycles. The number of ether oxygens (including phenoxy) is 1. The molecule has 2 bridgehead atoms. The Bertz CT molecular complexity index is 1190. The highest BCUT2D eigenvalue weighted by atomic mass is 16.6. The molecule has 3 N–H and O–H groups in total. The highest BCUT2D eigenvalue weighted by Gasteiger charge is 2.42. The molecule has 186 valence electrons. The molecule has 9 nitrogen and oxygen atoms in total. The number of aromatic amines is 1. The number of H-pyrrole nitrogens is 1. The summed E-state index contributed by atoms with van der Waals surface area (Å²) in [5.41, 5.74) is 2.94. The average Bonchev–Trinajstić information content (AvgIpc) is 3.21. The number of aromatic nitrogens is 4. The first-order valence-corrected chi connectivity index (χ1v) is 12.6. The third-order valence-corrected chi connectivity index (χ3v) is 6.84. The molecule has 3 aromatic rings. The van der Waals surface area contributed by atoms with Crippen LogP contribution in [0.4, 0.5) is 22.2 Å². The van der Waals surface area contributed by atoms with Gasteiger partial charge in [-0.1, -0.05) is 13.8 Å². The van der Waals surface area contributed by atoms with E-state index in [1.54, 1.807) is 0 Å². The summed E-state index contributed by atoms with van der Waals surface area (Å²) in [7, 11) is 0. The van der Waals surface area contributed by atoms with Crippen LogP contribution in [0.1, 0.15) is 57.2 Å². The third kappa shape index (κ3) is 5.18. The van der Waals surface area contributed by atoms with Crippen molar-refractivity contribution in [3.63, 3.8) is 0 Å². The molecule has 2 aliphatic heterocycles. The summed E-state index contributed by atoms with van der Waals surface area (Å²) in [6, 6.07) is 6.62. The van der Waals surface area contributed by atoms with Crippen molar-refractivity contribution in [1.82, 2.24) is 25.1 Å². The summed E-state index contributed by atoms with van der Waals surface area (Å²) < 4.78 is 5.61. The Morgan fingerprint density at radius 1 is 1.17 bits per heavy atom. The minimum Gasteiger partial charge on any atom is -0.449 e. The molecule has 2 saturated heterocycles. The van der Waals surface area contributed by atoms with Crippen molar-refractivity contribution in [2.45, 2.75) is 77.9 Å². The van der Waals surface area contributed by atoms with Gasteiger partial charge in [-0.05, 0) is 63.5 Å². The number of piperidine rings is 2. The van der Waals surface area contributed by atoms with Gasteiger partial charge in [0.05, 0.1) is 12.1 Å². The van der Waals surface area contributed by atoms with E-state index >= 15 is 0 Å². The molecule has 35 heavy (non-hydrogen) atoms. The second-order valence-corrected chi connectivity index (χ2v) is 10.4. The Morgan fingerprint density at radius 3 is 2.63 bits per heavy atom. The van der Waals surface area contributed by atoms with Crippen molar-refractivity contribution in [3.05, 3.63) is 35.7 Å². The Kier molecular flexibility index (Phi) is 6.49. The topological polar surface area (TPSA) is 108 Å². The van der Waals surface area contributed by atoms with Crippen molar-refractivity contribution in [3.8, 4) is 0 Å². The minimum atomic E-state index is -0.157. The maximum Gasteiger partial charge on any atom is 0.410 e. The molecular formula is C26H35N7O2. The molecule has 0 aliphatic carbocycles. The van der Waals surface area contributed by atoms with Crippen LogP contribution in [0.3, 0.4) is 0 Å². The standard InChI is InChI=1S/C26H35N7O2/c1-15(2)14-35-26(34)33-19-6-5-7-20(33)11-18(10-19)28-25-21-8-16(3)13-27-22(21)12-23(30-25)29-24-9-17(4)31-32-24/h8-9,12-13,15,18-20H,5-7,10-11,14H2,1-4H3,(H3,28,29,30,31,32)/t18?,19-,20+. The molecule has 1 unspecified atom stereocenters. The first-order valence-electron chi connectivity index (χ1n) is 12.6. The SMILES string of the molecule is Cc1cnc2cc(Nc3cc(C)[nH]n3)nc(NC3C[C@H]4CCC[C@@H](C3)N4C(=O)OCC(C)C)c2c1. The van der Waals surface area contributed by atoms with E-state index in [0.29, 0.717) is 18.3 Å². The van der Waals surface area contributed by atoms with Crippen molar-refractivity contribution >= 4 is 34.4 Å². The van der Waals surface area contributed by atoms with Crippen LogP contribution in [-0.2, 0) is 4.74 Å². The van der Waals surface area contributed by atoms with E-state index in [1.807, 2.05) is 37.1 Å². The average molecular weight is 478 g/mol. The van der Waals surface area contributed by atoms with Crippen LogP contribution in [0, 0.1) is 19.8 Å². The van der Waals surface area contributed by atoms with Crippen LogP contribution in [0.5, 0.6) is 0 Å². The molecular weight excluding hydrogens is 442 g/mol. The second kappa shape index (κ2) is 9.71. The fourth-order valence-corrected chi connectivity index (χ4v) is 5.32. The number of carbonyl (C=O) groups excluding carboxylic acids is 1. The lowest BCUT2D eigenvalue weighted by Crippen LogP contribution is -2.57. The van der Waals surface area contributed by atoms with Crippen molar-refractivity contribution < 1.29 is 9.53 Å². The number of nitrogens with zero attached hydrogens (tertiary/aromatic N) is 4. The highest BCUT2D eigenvalue weighted by molar-refractivity contribution is 5.92. The number of rotatable bonds is 6. The monoisotopic (exact) mass is 477 g/mol. The summed E-state index contributed by atoms with van der Waals surface area (Å²) in [6.45, 7) is 8.60. The minimum absolute atomic E-state index is 0.157. The summed E-state index contributed by atoms with van der Waals surface area (Å²) in [5, 5.41) is 15.2. The highest BCUT2D eigenvalue weighted by Crippen LogP contribution is 2.37. The first kappa shape index (κ1) is 23.4. The molecule has 0 saturated carbocycles. The zero-order valence-electron chi connectivity index (χ0n) is 21.0. The molecule has 1 amide bonds. The normalized spacial score (nSPS) is 21.9. The van der Waals surface area contributed by atoms with Crippen molar-refractivity contribution in [2.75, 3.05) is 17.2 Å². The smallest absolute Gasteiger partial charge is 0.410 e. The van der Waals surface area contributed by atoms with Gasteiger partial charge >= 0.3 is 6.09 Å². The Morgan fingerprint density at radius 2 is 1.94 bits per heavy atom. The number of anilines is 3. The molecule has 2 aliphatic rings. The van der Waals surface area contributed by atoms with Crippen LogP contribution in [-0.4, -0.2) is 55.9 Å². The molecule has 0 radical (unpaired) electrons. The van der Waals surface area contributed by atoms with E-state index in [-0.39, 0.29) is 24.2 Å². The van der Waals surface area contributed by atoms with Gasteiger partial charge in [-0.15, -0.1) is 0 Å². The van der Waals surface area contributed by atoms with E-state index in [1.165, 1.54) is 0 Å². The van der Waals surface area contributed by atoms with Crippen LogP contribution >= 0.6 is 0 Å². The van der Waals surface area contributed by atoms with Crippen LogP contribution in [0.15, 0.2) is 24.4 Å². The second-order valence-electron chi connectivity index (χ2n) is 10.4. The van der Waals surface area contributed by atoms with E-state index in [4.69, 9.17) is 9.72 Å². The predicted molar refractivity (Wildman–Crippen MR) is 137 cm³/mol. The number of aryl methyl sites for hydroxylation is 2. The van der Waals surface area contributed by atoms with Crippen LogP contribution in [0.2, 0.25) is 0 Å². The van der Waals surface area contributed by atoms with Crippen molar-refractivity contribution in [1.29, 1.82) is 0 Å². The van der Waals surface area contributed by atoms with E-state index < -0.39 is 0 Å². The van der Waals surface area contributed by atoms with Gasteiger partial charge in [0.25, 0.3) is 0 Å². The molecule has 3 atom stereocenters. The number of pyridine rings is 2. The molecule has 0 aromatic carbocycles. The van der Waals surface area contributed by atoms with Gasteiger partial charge in [0.1, 0.15) is 11.6 Å². The Labute approximate surface area is 206 Å². The van der Waals surface area contributed by atoms with Crippen molar-refractivity contribution in [2.24, 2.45) is 5.92 Å². The quantitative estimate of drug-likeness (QED) is 0.442. The Balaban J connectivity index is 1.38. The lowest BCUT2D eigenvalue weighted by Gasteiger charge is -2.48. The van der Waals surface area contributed by atoms with Gasteiger partial charge in [0, 0.05) is 47.5 Å². The Hall–Kier alpha value is -3.36. The van der Waals surface area contributed by atoms with Gasteiger partial charge in [-0.25, -0.2) is 9.78 Å². The number of carbonyl (C=O) groups is 1. The van der Waals surface area contributed by atoms with Gasteiger partial charge in [-0.3, -0.25) is 10.1 Å². The molecule has 2 fully saturated rings. The van der Waals surface area contributed by atoms with E-state index in [9.17, 15) is 4.79 Å². The first-order chi connectivity index (χ1) is 16.9. The number of hydrogen-bond acceptors (Lipinski definition) is 7. The largest absolute Gasteiger partial charge is 0.449 e. The predicted octanol–water partition coefficient (Wildman–Crippen LogP) is 5.30. The van der Waals surface area contributed by atoms with Crippen LogP contribution < -0.4 is 10.6 Å². The van der Waals surface area contributed by atoms with Gasteiger partial charge in [0.2, 0.25) is 0 Å². The number of amides is 1. The van der Waals surface area contributed by atoms with Crippen LogP contribution in [0.25, 0.3) is 10.9 Å². The van der Waals surface area contributed by atoms with Gasteiger partial charge in [-0.2, -0.15) is 5.10 Å². The molecule has 0 spiro atoms. The maximum atomic E-state index is 12.9. The van der Waals surface area contributed by atoms with E-state index in [0.717, 1.165) is 65.9 Å². The summed E-state index contributed by atoms with van der Waals surface area (Å²) in [6.07, 6.45) is 6.66. The lowest BCUT2D eigenvalue weighted by molar-refractivity contribution is 0.0157. The van der Waals surface area contributed by atoms with Gasteiger partial charge in [0.15, 0.2) is 5.82 Å². The fraction of sp³-hybridized carbons (Fsp3) is 0.538. The summed E-state index contributed by atoms with van der Waals surface area (Å²) >= 11 is 0. The zero-order valence-corrected chi connectivity index (χ0v) is 21.0. The summed E-state index contributed by atoms with van der Waals surface area (Å²) in [4.78, 5) is 24.4.